The summed E-state index contributed by atoms with van der Waals surface area (Å²) in [6.45, 7) is 4.77. The lowest BCUT2D eigenvalue weighted by atomic mass is 10.1. The lowest BCUT2D eigenvalue weighted by Gasteiger charge is -2.15. The predicted molar refractivity (Wildman–Crippen MR) is 72.0 cm³/mol. The first-order valence-electron chi connectivity index (χ1n) is 6.47. The Balaban J connectivity index is 2.22. The number of unbranched alkanes of at least 4 members (excludes halogenated alkanes) is 1. The number of carbonyl (C=O) groups is 1. The van der Waals surface area contributed by atoms with Crippen molar-refractivity contribution >= 4 is 12.2 Å². The van der Waals surface area contributed by atoms with Crippen LogP contribution in [0.5, 0.6) is 0 Å². The van der Waals surface area contributed by atoms with Crippen LogP contribution in [0.2, 0.25) is 0 Å². The molecule has 0 saturated carbocycles. The Labute approximate surface area is 108 Å². The molecule has 0 aliphatic carbocycles. The van der Waals surface area contributed by atoms with Gasteiger partial charge in [0.25, 0.3) is 0 Å². The third-order valence-electron chi connectivity index (χ3n) is 3.08. The molecule has 18 heavy (non-hydrogen) atoms. The first-order chi connectivity index (χ1) is 8.72. The van der Waals surface area contributed by atoms with Gasteiger partial charge in [-0.1, -0.05) is 43.7 Å². The molecule has 1 heterocycles. The number of ether oxygens (including phenoxy) is 1. The highest BCUT2D eigenvalue weighted by Gasteiger charge is 2.33. The molecule has 1 saturated heterocycles. The average Bonchev–Trinajstić information content (AvgIpc) is 2.63. The van der Waals surface area contributed by atoms with E-state index in [4.69, 9.17) is 4.74 Å². The van der Waals surface area contributed by atoms with Crippen LogP contribution in [-0.2, 0) is 4.74 Å². The van der Waals surface area contributed by atoms with Gasteiger partial charge in [-0.15, -0.1) is 0 Å². The van der Waals surface area contributed by atoms with Gasteiger partial charge in [-0.3, -0.25) is 4.90 Å². The summed E-state index contributed by atoms with van der Waals surface area (Å²) in [6, 6.07) is 10.0. The number of nitrogens with zero attached hydrogens (tertiary/aromatic N) is 1. The van der Waals surface area contributed by atoms with Crippen molar-refractivity contribution in [3.63, 3.8) is 0 Å². The number of amides is 1. The number of cyclic esters (lactones) is 1. The maximum Gasteiger partial charge on any atom is 0.414 e. The van der Waals surface area contributed by atoms with Gasteiger partial charge in [-0.05, 0) is 25.0 Å². The molecule has 1 atom stereocenters. The average molecular weight is 245 g/mol. The monoisotopic (exact) mass is 245 g/mol. The van der Waals surface area contributed by atoms with E-state index in [0.29, 0.717) is 0 Å². The SMILES string of the molecule is CCCCN1C(=O)OC(C)/C1=C/c1ccccc1. The highest BCUT2D eigenvalue weighted by molar-refractivity contribution is 5.76. The Morgan fingerprint density at radius 2 is 2.06 bits per heavy atom. The summed E-state index contributed by atoms with van der Waals surface area (Å²) in [6.07, 6.45) is 3.71. The lowest BCUT2D eigenvalue weighted by molar-refractivity contribution is 0.138. The topological polar surface area (TPSA) is 29.5 Å². The van der Waals surface area contributed by atoms with Crippen LogP contribution in [0, 0.1) is 0 Å². The van der Waals surface area contributed by atoms with Gasteiger partial charge in [0.1, 0.15) is 6.10 Å². The minimum atomic E-state index is -0.224. The zero-order chi connectivity index (χ0) is 13.0. The Morgan fingerprint density at radius 3 is 2.72 bits per heavy atom. The van der Waals surface area contributed by atoms with Crippen LogP contribution in [0.1, 0.15) is 32.3 Å². The number of benzene rings is 1. The summed E-state index contributed by atoms with van der Waals surface area (Å²) in [5.74, 6) is 0. The summed E-state index contributed by atoms with van der Waals surface area (Å²) < 4.78 is 5.27. The molecule has 1 aliphatic heterocycles. The third kappa shape index (κ3) is 2.73. The highest BCUT2D eigenvalue weighted by atomic mass is 16.6. The van der Waals surface area contributed by atoms with Gasteiger partial charge in [0.15, 0.2) is 0 Å². The molecule has 1 aliphatic rings. The predicted octanol–water partition coefficient (Wildman–Crippen LogP) is 3.67. The molecule has 96 valence electrons. The second-order valence-corrected chi connectivity index (χ2v) is 4.51. The Hall–Kier alpha value is -1.77. The molecule has 3 nitrogen and oxygen atoms in total. The Morgan fingerprint density at radius 1 is 1.33 bits per heavy atom. The fourth-order valence-electron chi connectivity index (χ4n) is 2.05. The molecule has 0 aromatic heterocycles. The second kappa shape index (κ2) is 5.71. The van der Waals surface area contributed by atoms with E-state index in [9.17, 15) is 4.79 Å². The molecule has 1 fully saturated rings. The fraction of sp³-hybridized carbons (Fsp3) is 0.400. The van der Waals surface area contributed by atoms with Crippen molar-refractivity contribution in [2.75, 3.05) is 6.54 Å². The molecule has 1 amide bonds. The quantitative estimate of drug-likeness (QED) is 0.810. The van der Waals surface area contributed by atoms with Gasteiger partial charge in [0, 0.05) is 6.54 Å². The number of hydrogen-bond donors (Lipinski definition) is 0. The van der Waals surface area contributed by atoms with Crippen LogP contribution in [0.4, 0.5) is 4.79 Å². The van der Waals surface area contributed by atoms with E-state index in [1.165, 1.54) is 0 Å². The highest BCUT2D eigenvalue weighted by Crippen LogP contribution is 2.25. The maximum atomic E-state index is 11.8. The van der Waals surface area contributed by atoms with E-state index >= 15 is 0 Å². The molecule has 0 radical (unpaired) electrons. The molecule has 2 rings (SSSR count). The van der Waals surface area contributed by atoms with Gasteiger partial charge in [0.05, 0.1) is 5.70 Å². The van der Waals surface area contributed by atoms with Crippen molar-refractivity contribution in [2.24, 2.45) is 0 Å². The third-order valence-corrected chi connectivity index (χ3v) is 3.08. The molecular formula is C15H19NO2. The number of rotatable bonds is 4. The normalized spacial score (nSPS) is 21.4. The Kier molecular flexibility index (Phi) is 4.03. The molecule has 0 spiro atoms. The molecule has 1 aromatic rings. The van der Waals surface area contributed by atoms with E-state index in [2.05, 4.69) is 6.92 Å². The summed E-state index contributed by atoms with van der Waals surface area (Å²) in [5.41, 5.74) is 2.05. The van der Waals surface area contributed by atoms with Crippen LogP contribution in [0.25, 0.3) is 6.08 Å². The van der Waals surface area contributed by atoms with Crippen molar-refractivity contribution in [2.45, 2.75) is 32.8 Å². The summed E-state index contributed by atoms with van der Waals surface area (Å²) >= 11 is 0. The van der Waals surface area contributed by atoms with Gasteiger partial charge >= 0.3 is 6.09 Å². The van der Waals surface area contributed by atoms with Crippen molar-refractivity contribution in [3.05, 3.63) is 41.6 Å². The molecule has 1 unspecified atom stereocenters. The standard InChI is InChI=1S/C15H19NO2/c1-3-4-10-16-14(12(2)18-15(16)17)11-13-8-6-5-7-9-13/h5-9,11-12H,3-4,10H2,1-2H3/b14-11-. The molecule has 0 N–H and O–H groups in total. The van der Waals surface area contributed by atoms with Gasteiger partial charge in [-0.2, -0.15) is 0 Å². The molecule has 0 bridgehead atoms. The summed E-state index contributed by atoms with van der Waals surface area (Å²) in [5, 5.41) is 0. The second-order valence-electron chi connectivity index (χ2n) is 4.51. The fourth-order valence-corrected chi connectivity index (χ4v) is 2.05. The zero-order valence-corrected chi connectivity index (χ0v) is 10.9. The van der Waals surface area contributed by atoms with E-state index < -0.39 is 0 Å². The molecule has 1 aromatic carbocycles. The van der Waals surface area contributed by atoms with Crippen LogP contribution < -0.4 is 0 Å². The van der Waals surface area contributed by atoms with Crippen LogP contribution in [0.3, 0.4) is 0 Å². The van der Waals surface area contributed by atoms with Crippen molar-refractivity contribution < 1.29 is 9.53 Å². The first-order valence-corrected chi connectivity index (χ1v) is 6.47. The van der Waals surface area contributed by atoms with Crippen molar-refractivity contribution in [3.8, 4) is 0 Å². The molecular weight excluding hydrogens is 226 g/mol. The summed E-state index contributed by atoms with van der Waals surface area (Å²) in [7, 11) is 0. The van der Waals surface area contributed by atoms with Crippen molar-refractivity contribution in [1.29, 1.82) is 0 Å². The number of hydrogen-bond acceptors (Lipinski definition) is 2. The van der Waals surface area contributed by atoms with Gasteiger partial charge in [-0.25, -0.2) is 4.79 Å². The van der Waals surface area contributed by atoms with E-state index in [0.717, 1.165) is 30.6 Å². The minimum absolute atomic E-state index is 0.158. The largest absolute Gasteiger partial charge is 0.440 e. The lowest BCUT2D eigenvalue weighted by Crippen LogP contribution is -2.24. The van der Waals surface area contributed by atoms with Crippen LogP contribution in [-0.4, -0.2) is 23.6 Å². The van der Waals surface area contributed by atoms with E-state index in [1.54, 1.807) is 4.90 Å². The summed E-state index contributed by atoms with van der Waals surface area (Å²) in [4.78, 5) is 13.5. The van der Waals surface area contributed by atoms with Gasteiger partial charge < -0.3 is 4.74 Å². The van der Waals surface area contributed by atoms with E-state index in [-0.39, 0.29) is 12.2 Å². The van der Waals surface area contributed by atoms with Crippen molar-refractivity contribution in [1.82, 2.24) is 4.90 Å². The first kappa shape index (κ1) is 12.7. The van der Waals surface area contributed by atoms with Crippen LogP contribution in [0.15, 0.2) is 36.0 Å². The smallest absolute Gasteiger partial charge is 0.414 e. The van der Waals surface area contributed by atoms with Crippen LogP contribution >= 0.6 is 0 Å². The minimum Gasteiger partial charge on any atom is -0.440 e. The number of carbonyl (C=O) groups excluding carboxylic acids is 1. The Bertz CT molecular complexity index is 439. The van der Waals surface area contributed by atoms with Gasteiger partial charge in [0.2, 0.25) is 0 Å². The van der Waals surface area contributed by atoms with E-state index in [1.807, 2.05) is 43.3 Å². The maximum absolute atomic E-state index is 11.8. The molecule has 3 heteroatoms. The zero-order valence-electron chi connectivity index (χ0n) is 10.9.